The summed E-state index contributed by atoms with van der Waals surface area (Å²) in [7, 11) is 0. The molecule has 10 heteroatoms. The number of hydrogen-bond acceptors (Lipinski definition) is 8. The first kappa shape index (κ1) is 27.3. The molecule has 1 aliphatic heterocycles. The van der Waals surface area contributed by atoms with Gasteiger partial charge in [0.1, 0.15) is 17.7 Å². The number of carbonyl (C=O) groups excluding carboxylic acids is 1. The van der Waals surface area contributed by atoms with E-state index in [1.165, 1.54) is 12.5 Å². The van der Waals surface area contributed by atoms with Crippen molar-refractivity contribution >= 4 is 34.5 Å². The zero-order valence-corrected chi connectivity index (χ0v) is 21.9. The second-order valence-corrected chi connectivity index (χ2v) is 9.69. The van der Waals surface area contributed by atoms with Crippen LogP contribution in [0, 0.1) is 0 Å². The van der Waals surface area contributed by atoms with Crippen LogP contribution in [-0.4, -0.2) is 75.6 Å². The number of carboxylic acids is 1. The zero-order valence-electron chi connectivity index (χ0n) is 21.9. The third-order valence-electron chi connectivity index (χ3n) is 6.71. The monoisotopic (exact) mass is 519 g/mol. The van der Waals surface area contributed by atoms with Crippen molar-refractivity contribution < 1.29 is 14.7 Å². The van der Waals surface area contributed by atoms with E-state index in [1.807, 2.05) is 24.3 Å². The molecule has 0 fully saturated rings. The molecule has 1 aromatic carbocycles. The van der Waals surface area contributed by atoms with Gasteiger partial charge in [0.25, 0.3) is 0 Å². The topological polar surface area (TPSA) is 132 Å². The SMILES string of the molecule is CC(=O)NCCN(CCCCc1ccc2c(n1)NCCC2)CCC(Nc1cnc2ccccc2n1)C(=O)O. The molecular weight excluding hydrogens is 482 g/mol. The molecule has 0 saturated carbocycles. The zero-order chi connectivity index (χ0) is 26.7. The fraction of sp³-hybridized carbons (Fsp3) is 0.464. The van der Waals surface area contributed by atoms with Crippen molar-refractivity contribution in [1.29, 1.82) is 0 Å². The summed E-state index contributed by atoms with van der Waals surface area (Å²) in [5.74, 6) is 0.452. The van der Waals surface area contributed by atoms with Gasteiger partial charge in [0.2, 0.25) is 5.91 Å². The highest BCUT2D eigenvalue weighted by atomic mass is 16.4. The number of nitrogens with one attached hydrogen (secondary N) is 3. The van der Waals surface area contributed by atoms with Gasteiger partial charge in [-0.25, -0.2) is 14.8 Å². The molecule has 2 aromatic heterocycles. The Labute approximate surface area is 223 Å². The second-order valence-electron chi connectivity index (χ2n) is 9.69. The predicted molar refractivity (Wildman–Crippen MR) is 148 cm³/mol. The Kier molecular flexibility index (Phi) is 9.80. The number of amides is 1. The lowest BCUT2D eigenvalue weighted by molar-refractivity contribution is -0.138. The van der Waals surface area contributed by atoms with Crippen LogP contribution in [0.15, 0.2) is 42.6 Å². The van der Waals surface area contributed by atoms with Crippen LogP contribution in [0.5, 0.6) is 0 Å². The summed E-state index contributed by atoms with van der Waals surface area (Å²) in [4.78, 5) is 39.2. The largest absolute Gasteiger partial charge is 0.480 e. The molecule has 1 atom stereocenters. The van der Waals surface area contributed by atoms with E-state index in [2.05, 4.69) is 43.0 Å². The molecule has 4 rings (SSSR count). The number of benzene rings is 1. The van der Waals surface area contributed by atoms with Crippen LogP contribution in [0.2, 0.25) is 0 Å². The van der Waals surface area contributed by atoms with E-state index in [4.69, 9.17) is 4.98 Å². The van der Waals surface area contributed by atoms with Crippen molar-refractivity contribution in [1.82, 2.24) is 25.2 Å². The van der Waals surface area contributed by atoms with E-state index >= 15 is 0 Å². The van der Waals surface area contributed by atoms with E-state index in [9.17, 15) is 14.7 Å². The minimum absolute atomic E-state index is 0.0722. The smallest absolute Gasteiger partial charge is 0.326 e. The molecule has 1 amide bonds. The molecule has 10 nitrogen and oxygen atoms in total. The van der Waals surface area contributed by atoms with Crippen LogP contribution in [0.25, 0.3) is 11.0 Å². The summed E-state index contributed by atoms with van der Waals surface area (Å²) in [5, 5.41) is 19.1. The summed E-state index contributed by atoms with van der Waals surface area (Å²) in [6, 6.07) is 11.0. The van der Waals surface area contributed by atoms with Gasteiger partial charge in [0, 0.05) is 38.8 Å². The van der Waals surface area contributed by atoms with Crippen molar-refractivity contribution in [3.05, 3.63) is 53.9 Å². The van der Waals surface area contributed by atoms with Crippen LogP contribution in [-0.2, 0) is 22.4 Å². The molecule has 3 heterocycles. The Balaban J connectivity index is 1.29. The van der Waals surface area contributed by atoms with Gasteiger partial charge in [-0.15, -0.1) is 0 Å². The average Bonchev–Trinajstić information content (AvgIpc) is 2.92. The standard InChI is InChI=1S/C28H37N7O3/c1-20(36)29-15-18-35(16-5-4-8-22-12-11-21-7-6-14-30-27(21)32-22)17-13-25(28(37)38)34-26-19-31-23-9-2-3-10-24(23)33-26/h2-3,9-12,19,25H,4-8,13-18H2,1H3,(H,29,36)(H,30,32)(H,33,34)(H,37,38). The van der Waals surface area contributed by atoms with Crippen molar-refractivity contribution in [3.8, 4) is 0 Å². The van der Waals surface area contributed by atoms with E-state index in [-0.39, 0.29) is 5.91 Å². The number of hydrogen-bond donors (Lipinski definition) is 4. The summed E-state index contributed by atoms with van der Waals surface area (Å²) in [5.41, 5.74) is 3.86. The third-order valence-corrected chi connectivity index (χ3v) is 6.71. The minimum atomic E-state index is -0.936. The molecule has 0 bridgehead atoms. The molecule has 3 aromatic rings. The lowest BCUT2D eigenvalue weighted by Gasteiger charge is -2.24. The van der Waals surface area contributed by atoms with Gasteiger partial charge in [-0.3, -0.25) is 9.78 Å². The van der Waals surface area contributed by atoms with E-state index < -0.39 is 12.0 Å². The Morgan fingerprint density at radius 3 is 2.74 bits per heavy atom. The van der Waals surface area contributed by atoms with Crippen LogP contribution in [0.1, 0.15) is 43.9 Å². The van der Waals surface area contributed by atoms with E-state index in [0.29, 0.717) is 37.4 Å². The predicted octanol–water partition coefficient (Wildman–Crippen LogP) is 3.10. The fourth-order valence-electron chi connectivity index (χ4n) is 4.65. The molecule has 0 spiro atoms. The Morgan fingerprint density at radius 1 is 1.08 bits per heavy atom. The van der Waals surface area contributed by atoms with Crippen LogP contribution < -0.4 is 16.0 Å². The Hall–Kier alpha value is -3.79. The highest BCUT2D eigenvalue weighted by molar-refractivity contribution is 5.79. The van der Waals surface area contributed by atoms with Gasteiger partial charge in [-0.2, -0.15) is 0 Å². The number of fused-ring (bicyclic) bond motifs is 2. The van der Waals surface area contributed by atoms with Gasteiger partial charge in [-0.1, -0.05) is 18.2 Å². The van der Waals surface area contributed by atoms with E-state index in [1.54, 1.807) is 6.20 Å². The molecule has 202 valence electrons. The maximum atomic E-state index is 12.0. The number of anilines is 2. The summed E-state index contributed by atoms with van der Waals surface area (Å²) < 4.78 is 0. The number of rotatable bonds is 14. The van der Waals surface area contributed by atoms with Crippen molar-refractivity contribution in [2.45, 2.75) is 51.5 Å². The maximum Gasteiger partial charge on any atom is 0.326 e. The summed E-state index contributed by atoms with van der Waals surface area (Å²) >= 11 is 0. The molecular formula is C28H37N7O3. The molecule has 38 heavy (non-hydrogen) atoms. The number of unbranched alkanes of at least 4 members (excludes halogenated alkanes) is 1. The van der Waals surface area contributed by atoms with Crippen molar-refractivity contribution in [2.24, 2.45) is 0 Å². The summed E-state index contributed by atoms with van der Waals surface area (Å²) in [6.45, 7) is 5.04. The number of pyridine rings is 1. The number of aryl methyl sites for hydroxylation is 2. The first-order chi connectivity index (χ1) is 18.5. The lowest BCUT2D eigenvalue weighted by atomic mass is 10.1. The normalized spacial score (nSPS) is 13.5. The van der Waals surface area contributed by atoms with Gasteiger partial charge < -0.3 is 26.0 Å². The van der Waals surface area contributed by atoms with Gasteiger partial charge in [0.15, 0.2) is 0 Å². The molecule has 0 radical (unpaired) electrons. The highest BCUT2D eigenvalue weighted by Crippen LogP contribution is 2.20. The number of aromatic nitrogens is 3. The van der Waals surface area contributed by atoms with Crippen molar-refractivity contribution in [2.75, 3.05) is 43.4 Å². The number of carbonyl (C=O) groups is 2. The van der Waals surface area contributed by atoms with Gasteiger partial charge in [0.05, 0.1) is 17.2 Å². The fourth-order valence-corrected chi connectivity index (χ4v) is 4.65. The van der Waals surface area contributed by atoms with Crippen LogP contribution in [0.3, 0.4) is 0 Å². The molecule has 1 unspecified atom stereocenters. The summed E-state index contributed by atoms with van der Waals surface area (Å²) in [6.07, 6.45) is 7.02. The molecule has 0 aliphatic carbocycles. The van der Waals surface area contributed by atoms with Crippen LogP contribution >= 0.6 is 0 Å². The molecule has 0 saturated heterocycles. The molecule has 4 N–H and O–H groups in total. The first-order valence-corrected chi connectivity index (χ1v) is 13.4. The number of carboxylic acid groups (broad SMARTS) is 1. The second kappa shape index (κ2) is 13.7. The van der Waals surface area contributed by atoms with Gasteiger partial charge >= 0.3 is 5.97 Å². The maximum absolute atomic E-state index is 12.0. The van der Waals surface area contributed by atoms with Gasteiger partial charge in [-0.05, 0) is 68.8 Å². The minimum Gasteiger partial charge on any atom is -0.480 e. The van der Waals surface area contributed by atoms with Crippen molar-refractivity contribution in [3.63, 3.8) is 0 Å². The third kappa shape index (κ3) is 8.11. The number of aliphatic carboxylic acids is 1. The number of nitrogens with zero attached hydrogens (tertiary/aromatic N) is 4. The quantitative estimate of drug-likeness (QED) is 0.237. The molecule has 1 aliphatic rings. The Bertz CT molecular complexity index is 1240. The lowest BCUT2D eigenvalue weighted by Crippen LogP contribution is -2.39. The highest BCUT2D eigenvalue weighted by Gasteiger charge is 2.20. The Morgan fingerprint density at radius 2 is 1.92 bits per heavy atom. The number of para-hydroxylation sites is 2. The van der Waals surface area contributed by atoms with E-state index in [0.717, 1.165) is 62.2 Å². The van der Waals surface area contributed by atoms with Crippen LogP contribution in [0.4, 0.5) is 11.6 Å². The first-order valence-electron chi connectivity index (χ1n) is 13.4. The average molecular weight is 520 g/mol.